The minimum absolute atomic E-state index is 0.0267. The Morgan fingerprint density at radius 2 is 1.61 bits per heavy atom. The summed E-state index contributed by atoms with van der Waals surface area (Å²) in [6.45, 7) is 2.06. The second kappa shape index (κ2) is 8.98. The van der Waals surface area contributed by atoms with E-state index in [1.807, 2.05) is 66.7 Å². The predicted molar refractivity (Wildman–Crippen MR) is 123 cm³/mol. The smallest absolute Gasteiger partial charge is 0.248 e. The van der Waals surface area contributed by atoms with E-state index in [0.29, 0.717) is 17.5 Å². The third-order valence-corrected chi connectivity index (χ3v) is 5.48. The molecule has 0 spiro atoms. The molecular formula is C26H25N3O2. The van der Waals surface area contributed by atoms with Gasteiger partial charge in [-0.05, 0) is 42.7 Å². The van der Waals surface area contributed by atoms with Gasteiger partial charge in [-0.2, -0.15) is 0 Å². The number of carbonyl (C=O) groups is 2. The Hall–Kier alpha value is -3.70. The summed E-state index contributed by atoms with van der Waals surface area (Å²) < 4.78 is 0. The molecule has 3 aromatic carbocycles. The average molecular weight is 412 g/mol. The number of hydrogen-bond donors (Lipinski definition) is 3. The van der Waals surface area contributed by atoms with E-state index in [9.17, 15) is 9.59 Å². The van der Waals surface area contributed by atoms with Crippen LogP contribution in [0.1, 0.15) is 44.8 Å². The molecule has 0 radical (unpaired) electrons. The summed E-state index contributed by atoms with van der Waals surface area (Å²) in [5, 5.41) is 4.44. The van der Waals surface area contributed by atoms with Gasteiger partial charge < -0.3 is 16.0 Å². The second-order valence-corrected chi connectivity index (χ2v) is 7.79. The van der Waals surface area contributed by atoms with Gasteiger partial charge in [-0.3, -0.25) is 9.59 Å². The van der Waals surface area contributed by atoms with Crippen LogP contribution in [0.3, 0.4) is 0 Å². The van der Waals surface area contributed by atoms with Gasteiger partial charge in [-0.1, -0.05) is 60.7 Å². The zero-order chi connectivity index (χ0) is 21.8. The van der Waals surface area contributed by atoms with E-state index in [2.05, 4.69) is 17.2 Å². The highest BCUT2D eigenvalue weighted by molar-refractivity contribution is 6.10. The Morgan fingerprint density at radius 3 is 2.32 bits per heavy atom. The van der Waals surface area contributed by atoms with Crippen LogP contribution in [0.25, 0.3) is 10.9 Å². The van der Waals surface area contributed by atoms with Gasteiger partial charge in [0.05, 0.1) is 6.04 Å². The van der Waals surface area contributed by atoms with Crippen molar-refractivity contribution >= 4 is 22.6 Å². The summed E-state index contributed by atoms with van der Waals surface area (Å²) in [7, 11) is 0. The maximum atomic E-state index is 13.6. The average Bonchev–Trinajstić information content (AvgIpc) is 3.22. The van der Waals surface area contributed by atoms with Crippen LogP contribution in [0.2, 0.25) is 0 Å². The number of hydrogen-bond acceptors (Lipinski definition) is 3. The highest BCUT2D eigenvalue weighted by Crippen LogP contribution is 2.25. The van der Waals surface area contributed by atoms with E-state index in [0.717, 1.165) is 22.0 Å². The van der Waals surface area contributed by atoms with Crippen molar-refractivity contribution in [1.29, 1.82) is 0 Å². The Labute approximate surface area is 181 Å². The maximum absolute atomic E-state index is 13.6. The number of benzene rings is 3. The molecule has 0 aliphatic carbocycles. The Morgan fingerprint density at radius 1 is 0.935 bits per heavy atom. The van der Waals surface area contributed by atoms with Crippen LogP contribution < -0.4 is 11.1 Å². The first-order valence-corrected chi connectivity index (χ1v) is 10.3. The summed E-state index contributed by atoms with van der Waals surface area (Å²) in [6.07, 6.45) is 2.50. The molecule has 0 aliphatic heterocycles. The zero-order valence-electron chi connectivity index (χ0n) is 17.3. The third kappa shape index (κ3) is 4.57. The lowest BCUT2D eigenvalue weighted by atomic mass is 9.95. The minimum atomic E-state index is -0.472. The van der Waals surface area contributed by atoms with Crippen LogP contribution in [0.5, 0.6) is 0 Å². The molecule has 0 fully saturated rings. The molecule has 0 aliphatic rings. The SMILES string of the molecule is C[C@@H](Cc1ccc(C(N)=O)cc1)N[C@H](C(=O)c1c[nH]c2ccccc12)c1ccccc1. The largest absolute Gasteiger partial charge is 0.366 e. The van der Waals surface area contributed by atoms with Crippen LogP contribution in [0.15, 0.2) is 85.1 Å². The van der Waals surface area contributed by atoms with Crippen molar-refractivity contribution in [1.82, 2.24) is 10.3 Å². The van der Waals surface area contributed by atoms with Crippen LogP contribution in [0, 0.1) is 0 Å². The molecule has 4 N–H and O–H groups in total. The van der Waals surface area contributed by atoms with Crippen LogP contribution in [-0.2, 0) is 6.42 Å². The molecule has 2 atom stereocenters. The summed E-state index contributed by atoms with van der Waals surface area (Å²) in [5.74, 6) is -0.411. The fourth-order valence-corrected chi connectivity index (χ4v) is 3.90. The summed E-state index contributed by atoms with van der Waals surface area (Å²) in [4.78, 5) is 28.1. The Kier molecular flexibility index (Phi) is 5.96. The van der Waals surface area contributed by atoms with Crippen molar-refractivity contribution in [3.8, 4) is 0 Å². The van der Waals surface area contributed by atoms with Crippen LogP contribution in [-0.4, -0.2) is 22.7 Å². The van der Waals surface area contributed by atoms with Crippen molar-refractivity contribution in [3.05, 3.63) is 107 Å². The van der Waals surface area contributed by atoms with E-state index < -0.39 is 11.9 Å². The van der Waals surface area contributed by atoms with Gasteiger partial charge in [0, 0.05) is 34.3 Å². The van der Waals surface area contributed by atoms with E-state index in [-0.39, 0.29) is 11.8 Å². The molecule has 31 heavy (non-hydrogen) atoms. The number of amides is 1. The fourth-order valence-electron chi connectivity index (χ4n) is 3.90. The quantitative estimate of drug-likeness (QED) is 0.375. The molecule has 0 unspecified atom stereocenters. The van der Waals surface area contributed by atoms with Crippen LogP contribution >= 0.6 is 0 Å². The van der Waals surface area contributed by atoms with Gasteiger partial charge in [0.15, 0.2) is 5.78 Å². The van der Waals surface area contributed by atoms with E-state index >= 15 is 0 Å². The fraction of sp³-hybridized carbons (Fsp3) is 0.154. The van der Waals surface area contributed by atoms with Crippen molar-refractivity contribution < 1.29 is 9.59 Å². The number of H-pyrrole nitrogens is 1. The van der Waals surface area contributed by atoms with Gasteiger partial charge in [0.25, 0.3) is 0 Å². The number of primary amides is 1. The number of Topliss-reactive ketones (excluding diaryl/α,β-unsaturated/α-hetero) is 1. The molecule has 1 heterocycles. The van der Waals surface area contributed by atoms with E-state index in [4.69, 9.17) is 5.73 Å². The van der Waals surface area contributed by atoms with Gasteiger partial charge >= 0.3 is 0 Å². The Bertz CT molecular complexity index is 1200. The van der Waals surface area contributed by atoms with Crippen molar-refractivity contribution in [3.63, 3.8) is 0 Å². The van der Waals surface area contributed by atoms with E-state index in [1.165, 1.54) is 0 Å². The molecule has 4 rings (SSSR count). The van der Waals surface area contributed by atoms with Crippen molar-refractivity contribution in [2.24, 2.45) is 5.73 Å². The van der Waals surface area contributed by atoms with Crippen molar-refractivity contribution in [2.75, 3.05) is 0 Å². The summed E-state index contributed by atoms with van der Waals surface area (Å²) in [6, 6.07) is 24.4. The maximum Gasteiger partial charge on any atom is 0.248 e. The normalized spacial score (nSPS) is 13.1. The molecule has 1 amide bonds. The minimum Gasteiger partial charge on any atom is -0.366 e. The molecule has 0 saturated carbocycles. The summed E-state index contributed by atoms with van der Waals surface area (Å²) >= 11 is 0. The summed E-state index contributed by atoms with van der Waals surface area (Å²) in [5.41, 5.74) is 9.42. The monoisotopic (exact) mass is 411 g/mol. The number of aromatic nitrogens is 1. The van der Waals surface area contributed by atoms with Crippen LogP contribution in [0.4, 0.5) is 0 Å². The predicted octanol–water partition coefficient (Wildman–Crippen LogP) is 4.41. The highest BCUT2D eigenvalue weighted by atomic mass is 16.1. The van der Waals surface area contributed by atoms with Gasteiger partial charge in [0.2, 0.25) is 5.91 Å². The van der Waals surface area contributed by atoms with Gasteiger partial charge in [0.1, 0.15) is 0 Å². The topological polar surface area (TPSA) is 88.0 Å². The van der Waals surface area contributed by atoms with Gasteiger partial charge in [-0.15, -0.1) is 0 Å². The Balaban J connectivity index is 1.58. The first kappa shape index (κ1) is 20.6. The molecule has 156 valence electrons. The number of nitrogens with two attached hydrogens (primary N) is 1. The number of fused-ring (bicyclic) bond motifs is 1. The molecule has 4 aromatic rings. The van der Waals surface area contributed by atoms with Gasteiger partial charge in [-0.25, -0.2) is 0 Å². The molecule has 5 heteroatoms. The number of ketones is 1. The number of rotatable bonds is 8. The highest BCUT2D eigenvalue weighted by Gasteiger charge is 2.25. The number of aromatic amines is 1. The van der Waals surface area contributed by atoms with Crippen molar-refractivity contribution in [2.45, 2.75) is 25.4 Å². The lowest BCUT2D eigenvalue weighted by Crippen LogP contribution is -2.36. The molecule has 1 aromatic heterocycles. The first-order valence-electron chi connectivity index (χ1n) is 10.3. The molecule has 0 saturated heterocycles. The zero-order valence-corrected chi connectivity index (χ0v) is 17.3. The molecule has 5 nitrogen and oxygen atoms in total. The van der Waals surface area contributed by atoms with E-state index in [1.54, 1.807) is 18.3 Å². The lowest BCUT2D eigenvalue weighted by molar-refractivity contribution is 0.0937. The molecule has 0 bridgehead atoms. The number of para-hydroxylation sites is 1. The third-order valence-electron chi connectivity index (χ3n) is 5.48. The standard InChI is InChI=1S/C26H25N3O2/c1-17(15-18-11-13-20(14-12-18)26(27)31)29-24(19-7-3-2-4-8-19)25(30)22-16-28-23-10-6-5-9-21(22)23/h2-14,16-17,24,28-29H,15H2,1H3,(H2,27,31)/t17-,24-/m0/s1. The lowest BCUT2D eigenvalue weighted by Gasteiger charge is -2.23. The first-order chi connectivity index (χ1) is 15.0. The number of nitrogens with one attached hydrogen (secondary N) is 2. The number of carbonyl (C=O) groups excluding carboxylic acids is 2. The molecular weight excluding hydrogens is 386 g/mol. The second-order valence-electron chi connectivity index (χ2n) is 7.79.